The molecule has 25 heavy (non-hydrogen) atoms. The quantitative estimate of drug-likeness (QED) is 0.829. The largest absolute Gasteiger partial charge is 0.454 e. The van der Waals surface area contributed by atoms with Crippen molar-refractivity contribution in [2.75, 3.05) is 12.1 Å². The predicted octanol–water partition coefficient (Wildman–Crippen LogP) is 2.68. The predicted molar refractivity (Wildman–Crippen MR) is 82.5 cm³/mol. The average molecular weight is 374 g/mol. The van der Waals surface area contributed by atoms with Crippen molar-refractivity contribution in [3.8, 4) is 11.5 Å². The van der Waals surface area contributed by atoms with Gasteiger partial charge in [0.05, 0.1) is 5.25 Å². The van der Waals surface area contributed by atoms with E-state index in [2.05, 4.69) is 15.5 Å². The number of nitrogens with one attached hydrogen (secondary N) is 1. The summed E-state index contributed by atoms with van der Waals surface area (Å²) >= 11 is 0.881. The smallest absolute Gasteiger partial charge is 0.451 e. The number of alkyl halides is 3. The van der Waals surface area contributed by atoms with Crippen LogP contribution >= 0.6 is 11.8 Å². The Labute approximate surface area is 144 Å². The van der Waals surface area contributed by atoms with Gasteiger partial charge in [0.1, 0.15) is 0 Å². The molecule has 134 valence electrons. The van der Waals surface area contributed by atoms with Gasteiger partial charge in [0.25, 0.3) is 0 Å². The van der Waals surface area contributed by atoms with Crippen LogP contribution in [0.1, 0.15) is 12.7 Å². The minimum absolute atomic E-state index is 0.000613. The maximum absolute atomic E-state index is 12.7. The highest BCUT2D eigenvalue weighted by Gasteiger charge is 2.37. The number of anilines is 1. The van der Waals surface area contributed by atoms with Gasteiger partial charge in [-0.1, -0.05) is 11.8 Å². The van der Waals surface area contributed by atoms with Crippen molar-refractivity contribution in [1.82, 2.24) is 14.8 Å². The van der Waals surface area contributed by atoms with E-state index >= 15 is 0 Å². The lowest BCUT2D eigenvalue weighted by atomic mass is 10.2. The van der Waals surface area contributed by atoms with E-state index in [1.54, 1.807) is 25.1 Å². The minimum Gasteiger partial charge on any atom is -0.454 e. The monoisotopic (exact) mass is 374 g/mol. The van der Waals surface area contributed by atoms with Crippen LogP contribution in [0.5, 0.6) is 11.5 Å². The summed E-state index contributed by atoms with van der Waals surface area (Å²) in [5.41, 5.74) is 0.496. The molecular weight excluding hydrogens is 361 g/mol. The summed E-state index contributed by atoms with van der Waals surface area (Å²) in [6.45, 7) is 1.68. The third kappa shape index (κ3) is 3.65. The number of ether oxygens (including phenoxy) is 2. The summed E-state index contributed by atoms with van der Waals surface area (Å²) in [6.07, 6.45) is -4.60. The summed E-state index contributed by atoms with van der Waals surface area (Å²) in [7, 11) is 1.20. The number of carbonyl (C=O) groups excluding carboxylic acids is 1. The first-order valence-electron chi connectivity index (χ1n) is 7.09. The molecular formula is C14H13F3N4O3S. The highest BCUT2D eigenvalue weighted by molar-refractivity contribution is 8.00. The minimum atomic E-state index is -4.60. The second kappa shape index (κ2) is 6.47. The van der Waals surface area contributed by atoms with Crippen molar-refractivity contribution in [2.24, 2.45) is 7.05 Å². The second-order valence-electron chi connectivity index (χ2n) is 5.18. The number of thioether (sulfide) groups is 1. The second-order valence-corrected chi connectivity index (χ2v) is 6.49. The van der Waals surface area contributed by atoms with E-state index < -0.39 is 17.3 Å². The molecule has 11 heteroatoms. The first kappa shape index (κ1) is 17.4. The van der Waals surface area contributed by atoms with Crippen LogP contribution in [0.25, 0.3) is 0 Å². The van der Waals surface area contributed by atoms with Gasteiger partial charge in [-0.3, -0.25) is 4.79 Å². The molecule has 1 aromatic heterocycles. The molecule has 7 nitrogen and oxygen atoms in total. The average Bonchev–Trinajstić information content (AvgIpc) is 3.13. The number of hydrogen-bond acceptors (Lipinski definition) is 6. The number of carbonyl (C=O) groups is 1. The highest BCUT2D eigenvalue weighted by Crippen LogP contribution is 2.35. The molecule has 0 radical (unpaired) electrons. The molecule has 2 heterocycles. The lowest BCUT2D eigenvalue weighted by Gasteiger charge is -2.12. The molecule has 0 spiro atoms. The molecule has 0 aliphatic carbocycles. The van der Waals surface area contributed by atoms with Crippen molar-refractivity contribution >= 4 is 23.4 Å². The lowest BCUT2D eigenvalue weighted by Crippen LogP contribution is -2.23. The number of fused-ring (bicyclic) bond motifs is 1. The molecule has 1 unspecified atom stereocenters. The van der Waals surface area contributed by atoms with Crippen molar-refractivity contribution in [3.63, 3.8) is 0 Å². The normalized spacial score (nSPS) is 14.4. The summed E-state index contributed by atoms with van der Waals surface area (Å²) in [4.78, 5) is 12.2. The first-order valence-corrected chi connectivity index (χ1v) is 7.97. The van der Waals surface area contributed by atoms with Gasteiger partial charge in [0.15, 0.2) is 16.7 Å². The Morgan fingerprint density at radius 1 is 1.32 bits per heavy atom. The van der Waals surface area contributed by atoms with Crippen LogP contribution in [0, 0.1) is 0 Å². The van der Waals surface area contributed by atoms with Crippen LogP contribution in [0.4, 0.5) is 18.9 Å². The van der Waals surface area contributed by atoms with Crippen LogP contribution in [0.3, 0.4) is 0 Å². The van der Waals surface area contributed by atoms with E-state index in [1.807, 2.05) is 0 Å². The molecule has 1 N–H and O–H groups in total. The van der Waals surface area contributed by atoms with E-state index in [0.29, 0.717) is 17.2 Å². The fourth-order valence-corrected chi connectivity index (χ4v) is 2.91. The van der Waals surface area contributed by atoms with Crippen LogP contribution in [0.2, 0.25) is 0 Å². The molecule has 1 atom stereocenters. The molecule has 0 fully saturated rings. The summed E-state index contributed by atoms with van der Waals surface area (Å²) < 4.78 is 49.4. The molecule has 0 bridgehead atoms. The fraction of sp³-hybridized carbons (Fsp3) is 0.357. The number of aromatic nitrogens is 3. The molecule has 3 rings (SSSR count). The number of amides is 1. The van der Waals surface area contributed by atoms with E-state index in [-0.39, 0.29) is 17.9 Å². The summed E-state index contributed by atoms with van der Waals surface area (Å²) in [5, 5.41) is 8.61. The number of benzene rings is 1. The van der Waals surface area contributed by atoms with E-state index in [4.69, 9.17) is 9.47 Å². The Balaban J connectivity index is 1.66. The van der Waals surface area contributed by atoms with Gasteiger partial charge < -0.3 is 19.4 Å². The first-order chi connectivity index (χ1) is 11.8. The number of nitrogens with zero attached hydrogens (tertiary/aromatic N) is 3. The van der Waals surface area contributed by atoms with Crippen molar-refractivity contribution < 1.29 is 27.4 Å². The lowest BCUT2D eigenvalue weighted by molar-refractivity contribution is -0.147. The molecule has 1 amide bonds. The van der Waals surface area contributed by atoms with Gasteiger partial charge in [-0.15, -0.1) is 10.2 Å². The third-order valence-corrected chi connectivity index (χ3v) is 4.51. The SMILES string of the molecule is CC(Sc1nnc(C(F)(F)F)n1C)C(=O)Nc1ccc2c(c1)OCO2. The Morgan fingerprint density at radius 2 is 2.04 bits per heavy atom. The zero-order chi connectivity index (χ0) is 18.2. The van der Waals surface area contributed by atoms with Crippen molar-refractivity contribution in [1.29, 1.82) is 0 Å². The van der Waals surface area contributed by atoms with Crippen molar-refractivity contribution in [3.05, 3.63) is 24.0 Å². The van der Waals surface area contributed by atoms with E-state index in [9.17, 15) is 18.0 Å². The standard InChI is InChI=1S/C14H13F3N4O3S/c1-7(25-13-20-19-12(21(13)2)14(15,16)17)11(22)18-8-3-4-9-10(5-8)24-6-23-9/h3-5,7H,6H2,1-2H3,(H,18,22). The zero-order valence-electron chi connectivity index (χ0n) is 13.1. The van der Waals surface area contributed by atoms with Crippen LogP contribution in [-0.4, -0.2) is 32.7 Å². The Bertz CT molecular complexity index is 809. The molecule has 2 aromatic rings. The molecule has 1 aliphatic rings. The molecule has 1 aliphatic heterocycles. The molecule has 0 saturated carbocycles. The van der Waals surface area contributed by atoms with E-state index in [1.165, 1.54) is 7.05 Å². The number of rotatable bonds is 4. The van der Waals surface area contributed by atoms with Gasteiger partial charge in [-0.05, 0) is 19.1 Å². The molecule has 1 aromatic carbocycles. The number of halogens is 3. The fourth-order valence-electron chi connectivity index (χ4n) is 2.09. The Hall–Kier alpha value is -2.43. The Morgan fingerprint density at radius 3 is 2.72 bits per heavy atom. The maximum Gasteiger partial charge on any atom is 0.451 e. The van der Waals surface area contributed by atoms with Crippen molar-refractivity contribution in [2.45, 2.75) is 23.5 Å². The Kier molecular flexibility index (Phi) is 4.50. The van der Waals surface area contributed by atoms with Gasteiger partial charge >= 0.3 is 6.18 Å². The van der Waals surface area contributed by atoms with Crippen LogP contribution < -0.4 is 14.8 Å². The molecule has 0 saturated heterocycles. The highest BCUT2D eigenvalue weighted by atomic mass is 32.2. The van der Waals surface area contributed by atoms with E-state index in [0.717, 1.165) is 16.3 Å². The summed E-state index contributed by atoms with van der Waals surface area (Å²) in [5.74, 6) is -0.404. The topological polar surface area (TPSA) is 78.3 Å². The maximum atomic E-state index is 12.7. The van der Waals surface area contributed by atoms with Gasteiger partial charge in [-0.25, -0.2) is 0 Å². The zero-order valence-corrected chi connectivity index (χ0v) is 13.9. The van der Waals surface area contributed by atoms with Crippen LogP contribution in [-0.2, 0) is 18.0 Å². The number of hydrogen-bond donors (Lipinski definition) is 1. The van der Waals surface area contributed by atoms with Gasteiger partial charge in [0.2, 0.25) is 18.5 Å². The van der Waals surface area contributed by atoms with Gasteiger partial charge in [-0.2, -0.15) is 13.2 Å². The summed E-state index contributed by atoms with van der Waals surface area (Å²) in [6, 6.07) is 4.92. The third-order valence-electron chi connectivity index (χ3n) is 3.38. The van der Waals surface area contributed by atoms with Crippen LogP contribution in [0.15, 0.2) is 23.4 Å². The van der Waals surface area contributed by atoms with Gasteiger partial charge in [0, 0.05) is 18.8 Å².